The fraction of sp³-hybridized carbons (Fsp3) is 0.240. The Morgan fingerprint density at radius 3 is 2.91 bits per heavy atom. The molecule has 0 radical (unpaired) electrons. The maximum absolute atomic E-state index is 13.1. The van der Waals surface area contributed by atoms with Crippen molar-refractivity contribution < 1.29 is 4.79 Å². The SMILES string of the molecule is C=C/C=C(/c1cc(NC(=O)c2csc(CN3CCCCC3)n2)c2cn[nH]c2c1)c1cc[nH]c1N. The molecule has 3 aromatic heterocycles. The van der Waals surface area contributed by atoms with Gasteiger partial charge in [0.2, 0.25) is 0 Å². The van der Waals surface area contributed by atoms with Gasteiger partial charge in [-0.1, -0.05) is 25.2 Å². The zero-order chi connectivity index (χ0) is 23.5. The molecule has 174 valence electrons. The summed E-state index contributed by atoms with van der Waals surface area (Å²) in [7, 11) is 0. The number of nitrogen functional groups attached to an aromatic ring is 1. The Kier molecular flexibility index (Phi) is 6.29. The number of nitrogens with two attached hydrogens (primary N) is 1. The van der Waals surface area contributed by atoms with E-state index in [0.717, 1.165) is 52.2 Å². The third kappa shape index (κ3) is 4.52. The molecule has 9 heteroatoms. The van der Waals surface area contributed by atoms with Crippen molar-refractivity contribution in [3.63, 3.8) is 0 Å². The molecular formula is C25H27N7OS. The second kappa shape index (κ2) is 9.66. The van der Waals surface area contributed by atoms with Crippen molar-refractivity contribution in [1.29, 1.82) is 0 Å². The molecule has 0 saturated carbocycles. The Hall–Kier alpha value is -3.69. The molecule has 8 nitrogen and oxygen atoms in total. The van der Waals surface area contributed by atoms with E-state index < -0.39 is 0 Å². The monoisotopic (exact) mass is 473 g/mol. The second-order valence-electron chi connectivity index (χ2n) is 8.39. The number of rotatable bonds is 7. The highest BCUT2D eigenvalue weighted by molar-refractivity contribution is 7.09. The summed E-state index contributed by atoms with van der Waals surface area (Å²) >= 11 is 1.53. The number of nitrogens with zero attached hydrogens (tertiary/aromatic N) is 3. The van der Waals surface area contributed by atoms with E-state index in [2.05, 4.69) is 37.0 Å². The van der Waals surface area contributed by atoms with Gasteiger partial charge in [0, 0.05) is 22.5 Å². The number of hydrogen-bond acceptors (Lipinski definition) is 6. The first kappa shape index (κ1) is 22.1. The maximum Gasteiger partial charge on any atom is 0.275 e. The number of aromatic nitrogens is 4. The van der Waals surface area contributed by atoms with Gasteiger partial charge >= 0.3 is 0 Å². The summed E-state index contributed by atoms with van der Waals surface area (Å²) in [5, 5.41) is 13.8. The standard InChI is InChI=1S/C25H27N7OS/c1-2-6-17(18-7-8-27-24(18)26)16-11-20(19-13-28-31-21(19)12-16)30-25(33)22-15-34-23(29-22)14-32-9-4-3-5-10-32/h2,6-8,11-13,15,27H,1,3-5,9-10,14,26H2,(H,28,31)(H,30,33)/b17-6-. The first-order chi connectivity index (χ1) is 16.6. The predicted octanol–water partition coefficient (Wildman–Crippen LogP) is 4.79. The van der Waals surface area contributed by atoms with Crippen LogP contribution in [0.5, 0.6) is 0 Å². The molecule has 0 spiro atoms. The molecule has 5 N–H and O–H groups in total. The van der Waals surface area contributed by atoms with Crippen LogP contribution in [-0.2, 0) is 6.54 Å². The van der Waals surface area contributed by atoms with E-state index in [1.165, 1.54) is 30.6 Å². The lowest BCUT2D eigenvalue weighted by Gasteiger charge is -2.25. The number of likely N-dealkylation sites (tertiary alicyclic amines) is 1. The number of aromatic amines is 2. The molecule has 1 aliphatic rings. The molecule has 0 unspecified atom stereocenters. The number of nitrogens with one attached hydrogen (secondary N) is 3. The Labute approximate surface area is 201 Å². The number of fused-ring (bicyclic) bond motifs is 1. The fourth-order valence-corrected chi connectivity index (χ4v) is 5.19. The Bertz CT molecular complexity index is 1360. The average molecular weight is 474 g/mol. The molecule has 0 bridgehead atoms. The zero-order valence-corrected chi connectivity index (χ0v) is 19.6. The van der Waals surface area contributed by atoms with Crippen LogP contribution in [0.25, 0.3) is 16.5 Å². The van der Waals surface area contributed by atoms with Gasteiger partial charge in [-0.2, -0.15) is 5.10 Å². The van der Waals surface area contributed by atoms with E-state index >= 15 is 0 Å². The van der Waals surface area contributed by atoms with Crippen LogP contribution in [0.4, 0.5) is 11.5 Å². The van der Waals surface area contributed by atoms with Crippen molar-refractivity contribution >= 4 is 45.2 Å². The van der Waals surface area contributed by atoms with Gasteiger partial charge < -0.3 is 16.0 Å². The minimum absolute atomic E-state index is 0.240. The average Bonchev–Trinajstić information content (AvgIpc) is 3.59. The fourth-order valence-electron chi connectivity index (χ4n) is 4.37. The second-order valence-corrected chi connectivity index (χ2v) is 9.34. The van der Waals surface area contributed by atoms with E-state index in [9.17, 15) is 4.79 Å². The van der Waals surface area contributed by atoms with E-state index in [1.54, 1.807) is 18.5 Å². The molecule has 0 aliphatic carbocycles. The van der Waals surface area contributed by atoms with Gasteiger partial charge in [0.15, 0.2) is 0 Å². The molecule has 1 aromatic carbocycles. The molecule has 0 atom stereocenters. The first-order valence-corrected chi connectivity index (χ1v) is 12.2. The van der Waals surface area contributed by atoms with Crippen molar-refractivity contribution in [2.45, 2.75) is 25.8 Å². The molecule has 1 fully saturated rings. The highest BCUT2D eigenvalue weighted by atomic mass is 32.1. The summed E-state index contributed by atoms with van der Waals surface area (Å²) in [4.78, 5) is 23.1. The van der Waals surface area contributed by atoms with Crippen LogP contribution in [0.2, 0.25) is 0 Å². The van der Waals surface area contributed by atoms with Gasteiger partial charge in [0.05, 0.1) is 23.9 Å². The van der Waals surface area contributed by atoms with Gasteiger partial charge in [0.25, 0.3) is 5.91 Å². The molecule has 1 saturated heterocycles. The predicted molar refractivity (Wildman–Crippen MR) is 138 cm³/mol. The third-order valence-corrected chi connectivity index (χ3v) is 6.90. The van der Waals surface area contributed by atoms with Gasteiger partial charge in [-0.15, -0.1) is 11.3 Å². The van der Waals surface area contributed by atoms with Crippen LogP contribution in [0.1, 0.15) is 45.9 Å². The molecule has 1 amide bonds. The topological polar surface area (TPSA) is 116 Å². The van der Waals surface area contributed by atoms with Gasteiger partial charge in [-0.25, -0.2) is 4.98 Å². The molecule has 5 rings (SSSR count). The van der Waals surface area contributed by atoms with Crippen LogP contribution >= 0.6 is 11.3 Å². The van der Waals surface area contributed by atoms with E-state index in [1.807, 2.05) is 29.7 Å². The number of benzene rings is 1. The van der Waals surface area contributed by atoms with Gasteiger partial charge in [0.1, 0.15) is 16.5 Å². The van der Waals surface area contributed by atoms with Crippen molar-refractivity contribution in [1.82, 2.24) is 25.1 Å². The quantitative estimate of drug-likeness (QED) is 0.288. The summed E-state index contributed by atoms with van der Waals surface area (Å²) in [5.74, 6) is 0.323. The Morgan fingerprint density at radius 2 is 2.15 bits per heavy atom. The molecule has 4 aromatic rings. The number of allylic oxidation sites excluding steroid dienone is 2. The first-order valence-electron chi connectivity index (χ1n) is 11.3. The molecule has 34 heavy (non-hydrogen) atoms. The minimum atomic E-state index is -0.240. The lowest BCUT2D eigenvalue weighted by atomic mass is 9.97. The maximum atomic E-state index is 13.1. The van der Waals surface area contributed by atoms with Crippen LogP contribution in [0.3, 0.4) is 0 Å². The van der Waals surface area contributed by atoms with Crippen LogP contribution < -0.4 is 11.1 Å². The summed E-state index contributed by atoms with van der Waals surface area (Å²) in [5.41, 5.74) is 10.6. The van der Waals surface area contributed by atoms with E-state index in [-0.39, 0.29) is 5.91 Å². The van der Waals surface area contributed by atoms with E-state index in [4.69, 9.17) is 5.73 Å². The molecular weight excluding hydrogens is 446 g/mol. The summed E-state index contributed by atoms with van der Waals surface area (Å²) < 4.78 is 0. The largest absolute Gasteiger partial charge is 0.385 e. The number of piperidine rings is 1. The summed E-state index contributed by atoms with van der Waals surface area (Å²) in [6, 6.07) is 5.83. The third-order valence-electron chi connectivity index (χ3n) is 6.06. The Morgan fingerprint density at radius 1 is 1.29 bits per heavy atom. The highest BCUT2D eigenvalue weighted by Crippen LogP contribution is 2.33. The van der Waals surface area contributed by atoms with Crippen molar-refractivity contribution in [3.8, 4) is 0 Å². The van der Waals surface area contributed by atoms with Crippen LogP contribution in [0, 0.1) is 0 Å². The van der Waals surface area contributed by atoms with Crippen molar-refractivity contribution in [2.75, 3.05) is 24.1 Å². The number of carbonyl (C=O) groups is 1. The van der Waals surface area contributed by atoms with Gasteiger partial charge in [-0.05, 0) is 55.3 Å². The summed E-state index contributed by atoms with van der Waals surface area (Å²) in [6.45, 7) is 6.84. The van der Waals surface area contributed by atoms with Gasteiger partial charge in [-0.3, -0.25) is 14.8 Å². The highest BCUT2D eigenvalue weighted by Gasteiger charge is 2.18. The van der Waals surface area contributed by atoms with Crippen molar-refractivity contribution in [3.05, 3.63) is 76.5 Å². The smallest absolute Gasteiger partial charge is 0.275 e. The number of H-pyrrole nitrogens is 2. The lowest BCUT2D eigenvalue weighted by molar-refractivity contribution is 0.102. The Balaban J connectivity index is 1.42. The normalized spacial score (nSPS) is 15.0. The van der Waals surface area contributed by atoms with Crippen molar-refractivity contribution in [2.24, 2.45) is 0 Å². The number of thiazole rings is 1. The number of anilines is 2. The number of amides is 1. The number of carbonyl (C=O) groups excluding carboxylic acids is 1. The number of hydrogen-bond donors (Lipinski definition) is 4. The zero-order valence-electron chi connectivity index (χ0n) is 18.8. The van der Waals surface area contributed by atoms with Crippen LogP contribution in [-0.4, -0.2) is 44.1 Å². The molecule has 1 aliphatic heterocycles. The lowest BCUT2D eigenvalue weighted by Crippen LogP contribution is -2.29. The minimum Gasteiger partial charge on any atom is -0.385 e. The van der Waals surface area contributed by atoms with Crippen LogP contribution in [0.15, 0.2) is 54.7 Å². The summed E-state index contributed by atoms with van der Waals surface area (Å²) in [6.07, 6.45) is 10.9. The van der Waals surface area contributed by atoms with E-state index in [0.29, 0.717) is 17.2 Å². The molecule has 4 heterocycles.